The van der Waals surface area contributed by atoms with Crippen LogP contribution in [0.2, 0.25) is 0 Å². The molecular formula is C17H27FN2O. The molecule has 1 heterocycles. The van der Waals surface area contributed by atoms with E-state index >= 15 is 0 Å². The molecule has 0 spiro atoms. The molecule has 3 nitrogen and oxygen atoms in total. The first-order valence-electron chi connectivity index (χ1n) is 7.97. The SMILES string of the molecule is CCCNCc1cc(F)ccc1N1CCC(COC)CC1. The summed E-state index contributed by atoms with van der Waals surface area (Å²) >= 11 is 0. The van der Waals surface area contributed by atoms with Crippen LogP contribution in [0, 0.1) is 11.7 Å². The quantitative estimate of drug-likeness (QED) is 0.782. The number of ether oxygens (including phenoxy) is 1. The van der Waals surface area contributed by atoms with Gasteiger partial charge in [0.25, 0.3) is 0 Å². The van der Waals surface area contributed by atoms with Crippen LogP contribution in [0.15, 0.2) is 18.2 Å². The number of benzene rings is 1. The van der Waals surface area contributed by atoms with Crippen molar-refractivity contribution in [2.75, 3.05) is 38.3 Å². The molecule has 118 valence electrons. The number of hydrogen-bond acceptors (Lipinski definition) is 3. The zero-order valence-electron chi connectivity index (χ0n) is 13.2. The minimum atomic E-state index is -0.152. The summed E-state index contributed by atoms with van der Waals surface area (Å²) < 4.78 is 18.8. The Morgan fingerprint density at radius 2 is 2.10 bits per heavy atom. The van der Waals surface area contributed by atoms with Gasteiger partial charge in [-0.15, -0.1) is 0 Å². The lowest BCUT2D eigenvalue weighted by Gasteiger charge is -2.34. The van der Waals surface area contributed by atoms with Gasteiger partial charge >= 0.3 is 0 Å². The highest BCUT2D eigenvalue weighted by Gasteiger charge is 2.21. The molecule has 0 bridgehead atoms. The molecule has 0 aromatic heterocycles. The highest BCUT2D eigenvalue weighted by atomic mass is 19.1. The van der Waals surface area contributed by atoms with Crippen molar-refractivity contribution in [1.29, 1.82) is 0 Å². The molecule has 1 N–H and O–H groups in total. The Balaban J connectivity index is 2.01. The van der Waals surface area contributed by atoms with Gasteiger partial charge in [-0.1, -0.05) is 6.92 Å². The summed E-state index contributed by atoms with van der Waals surface area (Å²) in [6.07, 6.45) is 3.38. The average molecular weight is 294 g/mol. The van der Waals surface area contributed by atoms with Crippen LogP contribution in [-0.2, 0) is 11.3 Å². The maximum atomic E-state index is 13.5. The summed E-state index contributed by atoms with van der Waals surface area (Å²) in [5, 5.41) is 3.37. The molecule has 0 aliphatic carbocycles. The third kappa shape index (κ3) is 4.68. The Bertz CT molecular complexity index is 431. The molecule has 1 aromatic carbocycles. The number of methoxy groups -OCH3 is 1. The number of nitrogens with zero attached hydrogens (tertiary/aromatic N) is 1. The fourth-order valence-corrected chi connectivity index (χ4v) is 2.98. The summed E-state index contributed by atoms with van der Waals surface area (Å²) in [6.45, 7) is 6.74. The summed E-state index contributed by atoms with van der Waals surface area (Å²) in [5.41, 5.74) is 2.24. The second-order valence-corrected chi connectivity index (χ2v) is 5.84. The van der Waals surface area contributed by atoms with Crippen molar-refractivity contribution in [2.45, 2.75) is 32.7 Å². The first-order valence-corrected chi connectivity index (χ1v) is 7.97. The van der Waals surface area contributed by atoms with Crippen LogP contribution < -0.4 is 10.2 Å². The maximum absolute atomic E-state index is 13.5. The van der Waals surface area contributed by atoms with Crippen molar-refractivity contribution >= 4 is 5.69 Å². The molecule has 1 aromatic rings. The number of hydrogen-bond donors (Lipinski definition) is 1. The number of halogens is 1. The van der Waals surface area contributed by atoms with Gasteiger partial charge in [-0.2, -0.15) is 0 Å². The van der Waals surface area contributed by atoms with Gasteiger partial charge in [0.15, 0.2) is 0 Å². The van der Waals surface area contributed by atoms with Crippen LogP contribution in [-0.4, -0.2) is 33.4 Å². The van der Waals surface area contributed by atoms with Crippen molar-refractivity contribution in [3.63, 3.8) is 0 Å². The predicted octanol–water partition coefficient (Wildman–Crippen LogP) is 3.19. The van der Waals surface area contributed by atoms with Crippen molar-refractivity contribution in [2.24, 2.45) is 5.92 Å². The lowest BCUT2D eigenvalue weighted by Crippen LogP contribution is -2.36. The third-order valence-electron chi connectivity index (χ3n) is 4.14. The largest absolute Gasteiger partial charge is 0.384 e. The number of anilines is 1. The van der Waals surface area contributed by atoms with Gasteiger partial charge in [0.1, 0.15) is 5.82 Å². The highest BCUT2D eigenvalue weighted by molar-refractivity contribution is 5.54. The number of nitrogens with one attached hydrogen (secondary N) is 1. The Morgan fingerprint density at radius 3 is 2.76 bits per heavy atom. The molecule has 0 radical (unpaired) electrons. The van der Waals surface area contributed by atoms with E-state index in [2.05, 4.69) is 17.1 Å². The summed E-state index contributed by atoms with van der Waals surface area (Å²) in [4.78, 5) is 2.38. The Kier molecular flexibility index (Phi) is 6.46. The zero-order chi connectivity index (χ0) is 15.1. The average Bonchev–Trinajstić information content (AvgIpc) is 2.49. The first-order chi connectivity index (χ1) is 10.2. The van der Waals surface area contributed by atoms with Crippen LogP contribution >= 0.6 is 0 Å². The van der Waals surface area contributed by atoms with E-state index in [4.69, 9.17) is 4.74 Å². The second-order valence-electron chi connectivity index (χ2n) is 5.84. The van der Waals surface area contributed by atoms with Crippen molar-refractivity contribution in [3.8, 4) is 0 Å². The predicted molar refractivity (Wildman–Crippen MR) is 85.2 cm³/mol. The minimum absolute atomic E-state index is 0.152. The topological polar surface area (TPSA) is 24.5 Å². The zero-order valence-corrected chi connectivity index (χ0v) is 13.2. The standard InChI is InChI=1S/C17H27FN2O/c1-3-8-19-12-15-11-16(18)4-5-17(15)20-9-6-14(7-10-20)13-21-2/h4-5,11,14,19H,3,6-10,12-13H2,1-2H3. The van der Waals surface area contributed by atoms with Crippen molar-refractivity contribution in [1.82, 2.24) is 5.32 Å². The van der Waals surface area contributed by atoms with Crippen LogP contribution in [0.1, 0.15) is 31.7 Å². The Labute approximate surface area is 127 Å². The molecule has 2 rings (SSSR count). The lowest BCUT2D eigenvalue weighted by atomic mass is 9.96. The van der Waals surface area contributed by atoms with Crippen molar-refractivity contribution < 1.29 is 9.13 Å². The first kappa shape index (κ1) is 16.2. The molecule has 1 aliphatic rings. The fraction of sp³-hybridized carbons (Fsp3) is 0.647. The molecule has 1 fully saturated rings. The van der Waals surface area contributed by atoms with E-state index in [-0.39, 0.29) is 5.82 Å². The van der Waals surface area contributed by atoms with E-state index < -0.39 is 0 Å². The van der Waals surface area contributed by atoms with E-state index in [1.165, 1.54) is 5.69 Å². The van der Waals surface area contributed by atoms with E-state index in [1.807, 2.05) is 6.07 Å². The summed E-state index contributed by atoms with van der Waals surface area (Å²) in [7, 11) is 1.77. The van der Waals surface area contributed by atoms with Crippen LogP contribution in [0.5, 0.6) is 0 Å². The van der Waals surface area contributed by atoms with E-state index in [9.17, 15) is 4.39 Å². The van der Waals surface area contributed by atoms with E-state index in [0.29, 0.717) is 5.92 Å². The second kappa shape index (κ2) is 8.35. The van der Waals surface area contributed by atoms with Crippen molar-refractivity contribution in [3.05, 3.63) is 29.6 Å². The highest BCUT2D eigenvalue weighted by Crippen LogP contribution is 2.27. The number of piperidine rings is 1. The molecule has 0 saturated carbocycles. The lowest BCUT2D eigenvalue weighted by molar-refractivity contribution is 0.139. The molecule has 4 heteroatoms. The Hall–Kier alpha value is -1.13. The van der Waals surface area contributed by atoms with Gasteiger partial charge in [-0.05, 0) is 55.5 Å². The molecular weight excluding hydrogens is 267 g/mol. The number of rotatable bonds is 7. The van der Waals surface area contributed by atoms with Gasteiger partial charge in [0, 0.05) is 39.0 Å². The van der Waals surface area contributed by atoms with Crippen LogP contribution in [0.3, 0.4) is 0 Å². The van der Waals surface area contributed by atoms with E-state index in [1.54, 1.807) is 19.2 Å². The molecule has 1 saturated heterocycles. The van der Waals surface area contributed by atoms with Gasteiger partial charge < -0.3 is 15.0 Å². The molecule has 0 unspecified atom stereocenters. The Morgan fingerprint density at radius 1 is 1.33 bits per heavy atom. The van der Waals surface area contributed by atoms with Gasteiger partial charge in [-0.3, -0.25) is 0 Å². The summed E-state index contributed by atoms with van der Waals surface area (Å²) in [6, 6.07) is 5.16. The van der Waals surface area contributed by atoms with E-state index in [0.717, 1.165) is 57.6 Å². The normalized spacial score (nSPS) is 16.4. The monoisotopic (exact) mass is 294 g/mol. The molecule has 0 amide bonds. The van der Waals surface area contributed by atoms with Gasteiger partial charge in [0.05, 0.1) is 0 Å². The summed E-state index contributed by atoms with van der Waals surface area (Å²) in [5.74, 6) is 0.509. The van der Waals surface area contributed by atoms with Gasteiger partial charge in [-0.25, -0.2) is 4.39 Å². The van der Waals surface area contributed by atoms with Crippen LogP contribution in [0.25, 0.3) is 0 Å². The molecule has 1 aliphatic heterocycles. The fourth-order valence-electron chi connectivity index (χ4n) is 2.98. The van der Waals surface area contributed by atoms with Gasteiger partial charge in [0.2, 0.25) is 0 Å². The van der Waals surface area contributed by atoms with Crippen LogP contribution in [0.4, 0.5) is 10.1 Å². The third-order valence-corrected chi connectivity index (χ3v) is 4.14. The molecule has 0 atom stereocenters. The minimum Gasteiger partial charge on any atom is -0.384 e. The maximum Gasteiger partial charge on any atom is 0.123 e. The molecule has 21 heavy (non-hydrogen) atoms. The smallest absolute Gasteiger partial charge is 0.123 e.